The number of rotatable bonds is 6. The van der Waals surface area contributed by atoms with E-state index >= 15 is 0 Å². The highest BCUT2D eigenvalue weighted by atomic mass is 16.3. The van der Waals surface area contributed by atoms with Gasteiger partial charge in [-0.3, -0.25) is 9.59 Å². The second kappa shape index (κ2) is 7.22. The highest BCUT2D eigenvalue weighted by Gasteiger charge is 2.25. The highest BCUT2D eigenvalue weighted by Crippen LogP contribution is 2.26. The fourth-order valence-electron chi connectivity index (χ4n) is 2.48. The number of aliphatic hydroxyl groups is 1. The van der Waals surface area contributed by atoms with Crippen molar-refractivity contribution in [1.82, 2.24) is 5.32 Å². The Morgan fingerprint density at radius 1 is 1.38 bits per heavy atom. The van der Waals surface area contributed by atoms with Crippen molar-refractivity contribution in [2.45, 2.75) is 26.2 Å². The molecule has 1 aromatic rings. The lowest BCUT2D eigenvalue weighted by Crippen LogP contribution is -2.43. The molecular weight excluding hydrogens is 268 g/mol. The number of nitrogens with one attached hydrogen (secondary N) is 1. The number of aliphatic hydroxyl groups excluding tert-OH is 1. The van der Waals surface area contributed by atoms with E-state index in [1.807, 2.05) is 31.2 Å². The standard InChI is InChI=1S/C16H22N2O3/c1-12(8-9-19)10-17-15(20)11-18-14-5-3-2-4-13(14)6-7-16(18)21/h2-5,12,19H,6-11H2,1H3,(H,17,20). The third kappa shape index (κ3) is 4.04. The second-order valence-corrected chi connectivity index (χ2v) is 5.53. The van der Waals surface area contributed by atoms with Crippen LogP contribution in [0.3, 0.4) is 0 Å². The molecule has 0 spiro atoms. The van der Waals surface area contributed by atoms with E-state index in [4.69, 9.17) is 5.11 Å². The average Bonchev–Trinajstić information content (AvgIpc) is 2.48. The first-order valence-electron chi connectivity index (χ1n) is 7.37. The van der Waals surface area contributed by atoms with Gasteiger partial charge in [-0.15, -0.1) is 0 Å². The Hall–Kier alpha value is -1.88. The number of amides is 2. The van der Waals surface area contributed by atoms with E-state index in [1.165, 1.54) is 0 Å². The summed E-state index contributed by atoms with van der Waals surface area (Å²) in [5.74, 6) is 0.0559. The van der Waals surface area contributed by atoms with Gasteiger partial charge in [0, 0.05) is 25.3 Å². The van der Waals surface area contributed by atoms with Crippen molar-refractivity contribution < 1.29 is 14.7 Å². The SMILES string of the molecule is CC(CCO)CNC(=O)CN1C(=O)CCc2ccccc21. The maximum atomic E-state index is 12.0. The van der Waals surface area contributed by atoms with E-state index in [1.54, 1.807) is 4.90 Å². The quantitative estimate of drug-likeness (QED) is 0.824. The molecule has 0 saturated heterocycles. The van der Waals surface area contributed by atoms with Crippen molar-refractivity contribution in [3.8, 4) is 0 Å². The number of carbonyl (C=O) groups excluding carboxylic acids is 2. The van der Waals surface area contributed by atoms with Crippen LogP contribution < -0.4 is 10.2 Å². The first kappa shape index (κ1) is 15.5. The maximum Gasteiger partial charge on any atom is 0.240 e. The monoisotopic (exact) mass is 290 g/mol. The summed E-state index contributed by atoms with van der Waals surface area (Å²) in [5, 5.41) is 11.7. The molecule has 0 radical (unpaired) electrons. The zero-order valence-electron chi connectivity index (χ0n) is 12.3. The summed E-state index contributed by atoms with van der Waals surface area (Å²) in [5.41, 5.74) is 1.95. The fraction of sp³-hybridized carbons (Fsp3) is 0.500. The molecule has 1 aromatic carbocycles. The molecule has 0 saturated carbocycles. The smallest absolute Gasteiger partial charge is 0.240 e. The number of hydrogen-bond acceptors (Lipinski definition) is 3. The average molecular weight is 290 g/mol. The maximum absolute atomic E-state index is 12.0. The van der Waals surface area contributed by atoms with Crippen molar-refractivity contribution >= 4 is 17.5 Å². The van der Waals surface area contributed by atoms with Gasteiger partial charge in [0.05, 0.1) is 0 Å². The van der Waals surface area contributed by atoms with E-state index in [-0.39, 0.29) is 30.9 Å². The summed E-state index contributed by atoms with van der Waals surface area (Å²) >= 11 is 0. The number of aryl methyl sites for hydroxylation is 1. The van der Waals surface area contributed by atoms with Crippen LogP contribution in [0.1, 0.15) is 25.3 Å². The van der Waals surface area contributed by atoms with Crippen LogP contribution >= 0.6 is 0 Å². The molecule has 1 aliphatic rings. The van der Waals surface area contributed by atoms with Crippen LogP contribution in [0.15, 0.2) is 24.3 Å². The Morgan fingerprint density at radius 3 is 2.90 bits per heavy atom. The van der Waals surface area contributed by atoms with Crippen molar-refractivity contribution in [3.05, 3.63) is 29.8 Å². The lowest BCUT2D eigenvalue weighted by atomic mass is 10.0. The highest BCUT2D eigenvalue weighted by molar-refractivity contribution is 6.00. The molecule has 2 rings (SSSR count). The molecule has 0 aromatic heterocycles. The Labute approximate surface area is 125 Å². The number of hydrogen-bond donors (Lipinski definition) is 2. The van der Waals surface area contributed by atoms with Gasteiger partial charge >= 0.3 is 0 Å². The third-order valence-corrected chi connectivity index (χ3v) is 3.76. The van der Waals surface area contributed by atoms with Crippen molar-refractivity contribution in [2.24, 2.45) is 5.92 Å². The topological polar surface area (TPSA) is 69.6 Å². The number of para-hydroxylation sites is 1. The van der Waals surface area contributed by atoms with Gasteiger partial charge in [0.1, 0.15) is 6.54 Å². The van der Waals surface area contributed by atoms with Gasteiger partial charge in [-0.2, -0.15) is 0 Å². The zero-order chi connectivity index (χ0) is 15.2. The Morgan fingerprint density at radius 2 is 2.14 bits per heavy atom. The molecule has 0 fully saturated rings. The van der Waals surface area contributed by atoms with Gasteiger partial charge in [0.25, 0.3) is 0 Å². The number of benzene rings is 1. The van der Waals surface area contributed by atoms with E-state index in [0.29, 0.717) is 19.4 Å². The predicted octanol–water partition coefficient (Wildman–Crippen LogP) is 1.10. The number of carbonyl (C=O) groups is 2. The van der Waals surface area contributed by atoms with E-state index in [0.717, 1.165) is 17.7 Å². The lowest BCUT2D eigenvalue weighted by molar-refractivity contribution is -0.124. The summed E-state index contributed by atoms with van der Waals surface area (Å²) < 4.78 is 0. The number of fused-ring (bicyclic) bond motifs is 1. The van der Waals surface area contributed by atoms with Crippen LogP contribution in [-0.4, -0.2) is 36.6 Å². The van der Waals surface area contributed by atoms with Crippen molar-refractivity contribution in [2.75, 3.05) is 24.6 Å². The first-order chi connectivity index (χ1) is 10.1. The summed E-state index contributed by atoms with van der Waals surface area (Å²) in [6.45, 7) is 2.66. The molecule has 21 heavy (non-hydrogen) atoms. The zero-order valence-corrected chi connectivity index (χ0v) is 12.3. The summed E-state index contributed by atoms with van der Waals surface area (Å²) in [6.07, 6.45) is 1.84. The summed E-state index contributed by atoms with van der Waals surface area (Å²) in [4.78, 5) is 25.6. The van der Waals surface area contributed by atoms with Crippen LogP contribution in [0, 0.1) is 5.92 Å². The Bertz CT molecular complexity index is 516. The number of nitrogens with zero attached hydrogens (tertiary/aromatic N) is 1. The normalized spacial score (nSPS) is 15.5. The predicted molar refractivity (Wildman–Crippen MR) is 81.0 cm³/mol. The molecule has 0 bridgehead atoms. The van der Waals surface area contributed by atoms with E-state index in [2.05, 4.69) is 5.32 Å². The van der Waals surface area contributed by atoms with Gasteiger partial charge in [-0.05, 0) is 30.4 Å². The third-order valence-electron chi connectivity index (χ3n) is 3.76. The van der Waals surface area contributed by atoms with Gasteiger partial charge in [-0.25, -0.2) is 0 Å². The van der Waals surface area contributed by atoms with Crippen LogP contribution in [0.5, 0.6) is 0 Å². The molecule has 2 N–H and O–H groups in total. The molecule has 1 atom stereocenters. The minimum Gasteiger partial charge on any atom is -0.396 e. The molecule has 2 amide bonds. The molecule has 1 unspecified atom stereocenters. The summed E-state index contributed by atoms with van der Waals surface area (Å²) in [7, 11) is 0. The number of anilines is 1. The van der Waals surface area contributed by atoms with Crippen LogP contribution in [0.2, 0.25) is 0 Å². The second-order valence-electron chi connectivity index (χ2n) is 5.53. The van der Waals surface area contributed by atoms with E-state index in [9.17, 15) is 9.59 Å². The molecule has 5 heteroatoms. The molecule has 5 nitrogen and oxygen atoms in total. The minimum atomic E-state index is -0.162. The fourth-order valence-corrected chi connectivity index (χ4v) is 2.48. The molecule has 0 aliphatic carbocycles. The summed E-state index contributed by atoms with van der Waals surface area (Å²) in [6, 6.07) is 7.71. The van der Waals surface area contributed by atoms with Crippen molar-refractivity contribution in [3.63, 3.8) is 0 Å². The van der Waals surface area contributed by atoms with Gasteiger partial charge in [0.2, 0.25) is 11.8 Å². The molecular formula is C16H22N2O3. The van der Waals surface area contributed by atoms with E-state index < -0.39 is 0 Å². The van der Waals surface area contributed by atoms with Gasteiger partial charge in [0.15, 0.2) is 0 Å². The first-order valence-corrected chi connectivity index (χ1v) is 7.37. The minimum absolute atomic E-state index is 0.00717. The van der Waals surface area contributed by atoms with Crippen LogP contribution in [0.4, 0.5) is 5.69 Å². The van der Waals surface area contributed by atoms with Crippen LogP contribution in [-0.2, 0) is 16.0 Å². The molecule has 1 heterocycles. The molecule has 114 valence electrons. The largest absolute Gasteiger partial charge is 0.396 e. The van der Waals surface area contributed by atoms with Gasteiger partial charge < -0.3 is 15.3 Å². The van der Waals surface area contributed by atoms with Crippen LogP contribution in [0.25, 0.3) is 0 Å². The van der Waals surface area contributed by atoms with Crippen molar-refractivity contribution in [1.29, 1.82) is 0 Å². The molecule has 1 aliphatic heterocycles. The lowest BCUT2D eigenvalue weighted by Gasteiger charge is -2.29. The van der Waals surface area contributed by atoms with Gasteiger partial charge in [-0.1, -0.05) is 25.1 Å². The Kier molecular flexibility index (Phi) is 5.33. The Balaban J connectivity index is 1.96.